The van der Waals surface area contributed by atoms with Gasteiger partial charge < -0.3 is 9.88 Å². The Labute approximate surface area is 137 Å². The molecule has 0 atom stereocenters. The molecule has 1 N–H and O–H groups in total. The second kappa shape index (κ2) is 5.39. The number of aromatic nitrogens is 1. The molecule has 22 heavy (non-hydrogen) atoms. The molecule has 0 saturated heterocycles. The predicted molar refractivity (Wildman–Crippen MR) is 87.9 cm³/mol. The number of nitrogens with one attached hydrogen (secondary N) is 1. The summed E-state index contributed by atoms with van der Waals surface area (Å²) in [7, 11) is 1.78. The number of carbonyl (C=O) groups is 2. The van der Waals surface area contributed by atoms with Crippen molar-refractivity contribution in [3.8, 4) is 0 Å². The fourth-order valence-corrected chi connectivity index (χ4v) is 2.91. The Morgan fingerprint density at radius 1 is 1.23 bits per heavy atom. The van der Waals surface area contributed by atoms with Crippen LogP contribution in [0.2, 0.25) is 0 Å². The van der Waals surface area contributed by atoms with E-state index in [4.69, 9.17) is 0 Å². The fraction of sp³-hybridized carbons (Fsp3) is 0.294. The Balaban J connectivity index is 1.82. The number of aryl methyl sites for hydroxylation is 1. The van der Waals surface area contributed by atoms with Crippen molar-refractivity contribution in [2.75, 3.05) is 0 Å². The Kier molecular flexibility index (Phi) is 3.68. The van der Waals surface area contributed by atoms with E-state index < -0.39 is 0 Å². The predicted octanol–water partition coefficient (Wildman–Crippen LogP) is 3.41. The third kappa shape index (κ3) is 2.73. The minimum atomic E-state index is -0.265. The molecule has 1 aliphatic rings. The highest BCUT2D eigenvalue weighted by Crippen LogP contribution is 2.45. The summed E-state index contributed by atoms with van der Waals surface area (Å²) in [6.07, 6.45) is 3.56. The van der Waals surface area contributed by atoms with Gasteiger partial charge in [0, 0.05) is 23.3 Å². The molecule has 1 heterocycles. The van der Waals surface area contributed by atoms with Crippen LogP contribution in [0.3, 0.4) is 0 Å². The maximum Gasteiger partial charge on any atom is 0.268 e. The zero-order valence-corrected chi connectivity index (χ0v) is 14.1. The van der Waals surface area contributed by atoms with Crippen LogP contribution in [0.4, 0.5) is 0 Å². The van der Waals surface area contributed by atoms with Crippen LogP contribution in [0.5, 0.6) is 0 Å². The van der Waals surface area contributed by atoms with Crippen molar-refractivity contribution < 1.29 is 9.59 Å². The normalized spacial score (nSPS) is 15.4. The Hall–Kier alpha value is -1.88. The van der Waals surface area contributed by atoms with Gasteiger partial charge in [-0.2, -0.15) is 0 Å². The molecule has 2 aromatic rings. The standard InChI is InChI=1S/C17H17BrN2O2/c1-11(21)12-9-15(20(2)10-12)16(22)19-17(7-8-17)13-3-5-14(18)6-4-13/h3-6,9-10H,7-8H2,1-2H3,(H,19,22). The second-order valence-corrected chi connectivity index (χ2v) is 6.74. The third-order valence-electron chi connectivity index (χ3n) is 4.14. The Bertz CT molecular complexity index is 743. The van der Waals surface area contributed by atoms with Crippen LogP contribution < -0.4 is 5.32 Å². The lowest BCUT2D eigenvalue weighted by Crippen LogP contribution is -2.35. The van der Waals surface area contributed by atoms with Gasteiger partial charge in [0.1, 0.15) is 5.69 Å². The van der Waals surface area contributed by atoms with Crippen LogP contribution in [0, 0.1) is 0 Å². The molecule has 114 valence electrons. The topological polar surface area (TPSA) is 51.1 Å². The van der Waals surface area contributed by atoms with Crippen LogP contribution in [-0.2, 0) is 12.6 Å². The lowest BCUT2D eigenvalue weighted by molar-refractivity contribution is 0.0922. The summed E-state index contributed by atoms with van der Waals surface area (Å²) in [4.78, 5) is 24.0. The molecule has 1 amide bonds. The number of halogens is 1. The van der Waals surface area contributed by atoms with Crippen molar-refractivity contribution in [2.45, 2.75) is 25.3 Å². The quantitative estimate of drug-likeness (QED) is 0.849. The first kappa shape index (κ1) is 15.0. The van der Waals surface area contributed by atoms with E-state index in [0.717, 1.165) is 22.9 Å². The molecule has 0 aliphatic heterocycles. The average molecular weight is 361 g/mol. The number of carbonyl (C=O) groups excluding carboxylic acids is 2. The van der Waals surface area contributed by atoms with Gasteiger partial charge in [0.15, 0.2) is 5.78 Å². The molecule has 1 saturated carbocycles. The molecule has 1 aromatic carbocycles. The summed E-state index contributed by atoms with van der Waals surface area (Å²) >= 11 is 3.42. The minimum Gasteiger partial charge on any atom is -0.346 e. The van der Waals surface area contributed by atoms with E-state index in [0.29, 0.717) is 11.3 Å². The molecule has 4 nitrogen and oxygen atoms in total. The first-order valence-corrected chi connectivity index (χ1v) is 7.96. The van der Waals surface area contributed by atoms with Gasteiger partial charge in [-0.05, 0) is 43.5 Å². The number of rotatable bonds is 4. The van der Waals surface area contributed by atoms with Crippen molar-refractivity contribution in [1.29, 1.82) is 0 Å². The van der Waals surface area contributed by atoms with E-state index in [1.807, 2.05) is 24.3 Å². The maximum absolute atomic E-state index is 12.5. The largest absolute Gasteiger partial charge is 0.346 e. The van der Waals surface area contributed by atoms with Crippen molar-refractivity contribution in [3.05, 3.63) is 57.8 Å². The smallest absolute Gasteiger partial charge is 0.268 e. The monoisotopic (exact) mass is 360 g/mol. The van der Waals surface area contributed by atoms with Crippen LogP contribution in [-0.4, -0.2) is 16.3 Å². The number of Topliss-reactive ketones (excluding diaryl/α,β-unsaturated/α-hetero) is 1. The van der Waals surface area contributed by atoms with Crippen molar-refractivity contribution >= 4 is 27.6 Å². The second-order valence-electron chi connectivity index (χ2n) is 5.82. The van der Waals surface area contributed by atoms with Gasteiger partial charge in [-0.3, -0.25) is 9.59 Å². The summed E-state index contributed by atoms with van der Waals surface area (Å²) in [6.45, 7) is 1.50. The van der Waals surface area contributed by atoms with Gasteiger partial charge in [0.05, 0.1) is 5.54 Å². The van der Waals surface area contributed by atoms with E-state index >= 15 is 0 Å². The first-order chi connectivity index (χ1) is 10.4. The van der Waals surface area contributed by atoms with Gasteiger partial charge in [0.25, 0.3) is 5.91 Å². The third-order valence-corrected chi connectivity index (χ3v) is 4.67. The van der Waals surface area contributed by atoms with Crippen LogP contribution in [0.1, 0.15) is 46.2 Å². The van der Waals surface area contributed by atoms with Crippen LogP contribution >= 0.6 is 15.9 Å². The molecular weight excluding hydrogens is 344 g/mol. The molecule has 1 aliphatic carbocycles. The molecule has 5 heteroatoms. The van der Waals surface area contributed by atoms with Crippen LogP contribution in [0.25, 0.3) is 0 Å². The van der Waals surface area contributed by atoms with E-state index in [-0.39, 0.29) is 17.2 Å². The van der Waals surface area contributed by atoms with E-state index in [9.17, 15) is 9.59 Å². The lowest BCUT2D eigenvalue weighted by Gasteiger charge is -2.18. The van der Waals surface area contributed by atoms with Crippen LogP contribution in [0.15, 0.2) is 41.0 Å². The zero-order chi connectivity index (χ0) is 15.9. The molecule has 0 spiro atoms. The number of hydrogen-bond acceptors (Lipinski definition) is 2. The van der Waals surface area contributed by atoms with Crippen molar-refractivity contribution in [2.24, 2.45) is 7.05 Å². The van der Waals surface area contributed by atoms with Gasteiger partial charge in [-0.25, -0.2) is 0 Å². The lowest BCUT2D eigenvalue weighted by atomic mass is 10.0. The Morgan fingerprint density at radius 2 is 1.86 bits per heavy atom. The van der Waals surface area contributed by atoms with Crippen molar-refractivity contribution in [3.63, 3.8) is 0 Å². The van der Waals surface area contributed by atoms with E-state index in [2.05, 4.69) is 21.2 Å². The molecule has 1 aromatic heterocycles. The maximum atomic E-state index is 12.5. The van der Waals surface area contributed by atoms with Gasteiger partial charge >= 0.3 is 0 Å². The summed E-state index contributed by atoms with van der Waals surface area (Å²) < 4.78 is 2.72. The highest BCUT2D eigenvalue weighted by Gasteiger charge is 2.46. The van der Waals surface area contributed by atoms with Gasteiger partial charge in [-0.15, -0.1) is 0 Å². The fourth-order valence-electron chi connectivity index (χ4n) is 2.64. The van der Waals surface area contributed by atoms with Gasteiger partial charge in [-0.1, -0.05) is 28.1 Å². The molecule has 0 bridgehead atoms. The summed E-state index contributed by atoms with van der Waals surface area (Å²) in [6, 6.07) is 9.68. The average Bonchev–Trinajstić information content (AvgIpc) is 3.13. The van der Waals surface area contributed by atoms with Gasteiger partial charge in [0.2, 0.25) is 0 Å². The minimum absolute atomic E-state index is 0.0382. The number of benzene rings is 1. The number of hydrogen-bond donors (Lipinski definition) is 1. The SMILES string of the molecule is CC(=O)c1cc(C(=O)NC2(c3ccc(Br)cc3)CC2)n(C)c1. The summed E-state index contributed by atoms with van der Waals surface area (Å²) in [5, 5.41) is 3.13. The summed E-state index contributed by atoms with van der Waals surface area (Å²) in [5.74, 6) is -0.181. The highest BCUT2D eigenvalue weighted by atomic mass is 79.9. The summed E-state index contributed by atoms with van der Waals surface area (Å²) in [5.41, 5.74) is 1.91. The molecule has 0 unspecified atom stereocenters. The number of amides is 1. The first-order valence-electron chi connectivity index (χ1n) is 7.17. The number of ketones is 1. The highest BCUT2D eigenvalue weighted by molar-refractivity contribution is 9.10. The Morgan fingerprint density at radius 3 is 2.36 bits per heavy atom. The molecule has 0 radical (unpaired) electrons. The zero-order valence-electron chi connectivity index (χ0n) is 12.5. The molecule has 3 rings (SSSR count). The number of nitrogens with zero attached hydrogens (tertiary/aromatic N) is 1. The molecular formula is C17H17BrN2O2. The van der Waals surface area contributed by atoms with Crippen molar-refractivity contribution in [1.82, 2.24) is 9.88 Å². The van der Waals surface area contributed by atoms with E-state index in [1.165, 1.54) is 6.92 Å². The molecule has 1 fully saturated rings. The van der Waals surface area contributed by atoms with E-state index in [1.54, 1.807) is 23.9 Å².